The third-order valence-corrected chi connectivity index (χ3v) is 0.436. The first-order valence-corrected chi connectivity index (χ1v) is 1.97. The zero-order valence-corrected chi connectivity index (χ0v) is 4.06. The molecule has 0 aliphatic rings. The molecule has 0 aromatic carbocycles. The van der Waals surface area contributed by atoms with Gasteiger partial charge >= 0.3 is 1.43 Å². The van der Waals surface area contributed by atoms with Crippen LogP contribution >= 0.6 is 0 Å². The Bertz CT molecular complexity index is 198. The highest BCUT2D eigenvalue weighted by atomic mass is 16.4. The van der Waals surface area contributed by atoms with E-state index in [-0.39, 0.29) is 6.42 Å². The summed E-state index contributed by atoms with van der Waals surface area (Å²) in [5.74, 6) is 0. The van der Waals surface area contributed by atoms with Crippen LogP contribution in [0, 0.1) is 0 Å². The Labute approximate surface area is 52.4 Å². The van der Waals surface area contributed by atoms with Gasteiger partial charge in [-0.2, -0.15) is 0 Å². The van der Waals surface area contributed by atoms with E-state index in [9.17, 15) is 0 Å². The van der Waals surface area contributed by atoms with Crippen molar-refractivity contribution in [2.45, 2.75) is 26.6 Å². The average molecular weight is 107 g/mol. The van der Waals surface area contributed by atoms with Gasteiger partial charge in [0.25, 0.3) is 0 Å². The summed E-state index contributed by atoms with van der Waals surface area (Å²) in [4.78, 5) is 0. The van der Waals surface area contributed by atoms with Crippen LogP contribution in [-0.2, 0) is 0 Å². The van der Waals surface area contributed by atoms with Gasteiger partial charge < -0.3 is 5.21 Å². The van der Waals surface area contributed by atoms with Crippen LogP contribution in [0.2, 0.25) is 1.43 Å². The first-order valence-electron chi connectivity index (χ1n) is 4.88. The van der Waals surface area contributed by atoms with Gasteiger partial charge in [0.05, 0.1) is 5.71 Å². The molecule has 0 heterocycles. The molecule has 2 heteroatoms. The quantitative estimate of drug-likeness (QED) is 0.332. The number of rotatable bonds is 3. The fourth-order valence-corrected chi connectivity index (χ4v) is 0.200. The van der Waals surface area contributed by atoms with Crippen molar-refractivity contribution in [2.24, 2.45) is 5.16 Å². The second-order valence-electron chi connectivity index (χ2n) is 0.970. The molecule has 0 atom stereocenters. The van der Waals surface area contributed by atoms with Crippen molar-refractivity contribution < 1.29 is 13.5 Å². The summed E-state index contributed by atoms with van der Waals surface area (Å²) in [5, 5.41) is 6.44. The summed E-state index contributed by atoms with van der Waals surface area (Å²) in [6.07, 6.45) is -2.10. The van der Waals surface area contributed by atoms with Crippen LogP contribution in [-0.4, -0.2) is 10.9 Å². The van der Waals surface area contributed by atoms with Gasteiger partial charge in [0.15, 0.2) is 0 Å². The summed E-state index contributed by atoms with van der Waals surface area (Å²) in [6, 6.07) is 0. The zero-order chi connectivity index (χ0) is 10.7. The summed E-state index contributed by atoms with van der Waals surface area (Å²) in [7, 11) is 0. The van der Waals surface area contributed by atoms with Crippen molar-refractivity contribution in [2.75, 3.05) is 0 Å². The van der Waals surface area contributed by atoms with Crippen LogP contribution in [0.15, 0.2) is 5.16 Å². The predicted molar refractivity (Wildman–Crippen MR) is 29.8 cm³/mol. The lowest BCUT2D eigenvalue weighted by molar-refractivity contribution is 0.317. The van der Waals surface area contributed by atoms with Gasteiger partial charge in [-0.1, -0.05) is 18.5 Å². The monoisotopic (exact) mass is 107 g/mol. The maximum atomic E-state index is 7.30. The minimum atomic E-state index is -2.67. The number of nitrogens with zero attached hydrogens (tertiary/aromatic N) is 1. The van der Waals surface area contributed by atoms with Crippen LogP contribution in [0.4, 0.5) is 0 Å². The molecule has 42 valence electrons. The molecule has 0 saturated carbocycles. The molecule has 2 nitrogen and oxygen atoms in total. The van der Waals surface area contributed by atoms with Gasteiger partial charge in [-0.15, -0.1) is 0 Å². The van der Waals surface area contributed by atoms with Gasteiger partial charge in [-0.05, 0) is 13.2 Å². The summed E-state index contributed by atoms with van der Waals surface area (Å²) < 4.78 is 41.7. The number of hydrogen-bond acceptors (Lipinski definition) is 2. The van der Waals surface area contributed by atoms with E-state index in [1.54, 1.807) is 0 Å². The Morgan fingerprint density at radius 3 is 3.57 bits per heavy atom. The van der Waals surface area contributed by atoms with Crippen LogP contribution < -0.4 is 0 Å². The topological polar surface area (TPSA) is 32.6 Å². The molecule has 1 N–H and O–H groups in total. The Kier molecular flexibility index (Phi) is 0.768. The van der Waals surface area contributed by atoms with Crippen molar-refractivity contribution in [1.82, 2.24) is 0 Å². The maximum absolute atomic E-state index is 7.30. The van der Waals surface area contributed by atoms with Crippen molar-refractivity contribution in [1.29, 1.82) is 0 Å². The highest BCUT2D eigenvalue weighted by Gasteiger charge is 1.84. The molecule has 0 saturated heterocycles. The highest BCUT2D eigenvalue weighted by molar-refractivity contribution is 5.81. The molecule has 0 spiro atoms. The molecular weight excluding hydrogens is 90.1 g/mol. The Hall–Kier alpha value is -0.530. The third-order valence-electron chi connectivity index (χ3n) is 0.436. The standard InChI is InChI=1S/C5H11NO/c1-3-4-5(2)6-7/h7H,3-4H2,1-2H3/b6-5+/i2D3,4D2/hD. The first kappa shape index (κ1) is 1.47. The third kappa shape index (κ3) is 3.30. The van der Waals surface area contributed by atoms with E-state index in [2.05, 4.69) is 10.4 Å². The van der Waals surface area contributed by atoms with Crippen molar-refractivity contribution in [3.05, 3.63) is 0 Å². The van der Waals surface area contributed by atoms with E-state index < -0.39 is 18.9 Å². The lowest BCUT2D eigenvalue weighted by Crippen LogP contribution is -1.87. The van der Waals surface area contributed by atoms with Crippen LogP contribution in [0.3, 0.4) is 0 Å². The molecule has 0 radical (unpaired) electrons. The molecule has 0 unspecified atom stereocenters. The number of oxime groups is 1. The Morgan fingerprint density at radius 2 is 3.14 bits per heavy atom. The van der Waals surface area contributed by atoms with Crippen molar-refractivity contribution >= 4 is 5.71 Å². The molecule has 0 amide bonds. The smallest absolute Gasteiger partial charge is 0.330 e. The average Bonchev–Trinajstić information content (AvgIpc) is 1.98. The molecule has 0 aliphatic carbocycles. The van der Waals surface area contributed by atoms with E-state index in [1.165, 1.54) is 6.92 Å². The molecule has 0 rings (SSSR count). The normalized spacial score (nSPS) is 27.9. The van der Waals surface area contributed by atoms with E-state index in [0.29, 0.717) is 0 Å². The highest BCUT2D eigenvalue weighted by Crippen LogP contribution is 1.88. The zero-order valence-electron chi connectivity index (χ0n) is 10.1. The molecule has 7 heavy (non-hydrogen) atoms. The van der Waals surface area contributed by atoms with E-state index in [4.69, 9.17) is 8.28 Å². The minimum Gasteiger partial charge on any atom is -0.411 e. The maximum Gasteiger partial charge on any atom is 0.330 e. The minimum absolute atomic E-state index is 0.0341. The Balaban J connectivity index is 4.95. The molecule has 0 aromatic heterocycles. The van der Waals surface area contributed by atoms with E-state index in [1.807, 2.05) is 0 Å². The number of hydrogen-bond donors (Lipinski definition) is 1. The molecule has 0 bridgehead atoms. The van der Waals surface area contributed by atoms with Gasteiger partial charge in [0, 0.05) is 6.85 Å². The van der Waals surface area contributed by atoms with Crippen molar-refractivity contribution in [3.8, 4) is 0 Å². The van der Waals surface area contributed by atoms with Crippen LogP contribution in [0.25, 0.3) is 0 Å². The summed E-state index contributed by atoms with van der Waals surface area (Å²) in [5.41, 5.74) is -0.725. The van der Waals surface area contributed by atoms with Crippen LogP contribution in [0.1, 0.15) is 33.4 Å². The van der Waals surface area contributed by atoms with Crippen molar-refractivity contribution in [3.63, 3.8) is 0 Å². The van der Waals surface area contributed by atoms with E-state index >= 15 is 0 Å². The largest absolute Gasteiger partial charge is 0.411 e. The van der Waals surface area contributed by atoms with Gasteiger partial charge in [-0.25, -0.2) is 0 Å². The summed E-state index contributed by atoms with van der Waals surface area (Å²) >= 11 is 0. The lowest BCUT2D eigenvalue weighted by atomic mass is 10.2. The predicted octanol–water partition coefficient (Wildman–Crippen LogP) is 1.64. The lowest BCUT2D eigenvalue weighted by Gasteiger charge is -1.87. The van der Waals surface area contributed by atoms with Gasteiger partial charge in [0.2, 0.25) is 0 Å². The SMILES string of the molecule is [2H]O/N=C(\C([2H])([2H])[2H])C([2H])([2H])CC. The summed E-state index contributed by atoms with van der Waals surface area (Å²) in [6.45, 7) is -1.17. The fraction of sp³-hybridized carbons (Fsp3) is 0.800. The second-order valence-corrected chi connectivity index (χ2v) is 0.970. The molecule has 0 fully saturated rings. The molecular formula is C5H11NO. The van der Waals surface area contributed by atoms with E-state index in [0.717, 1.165) is 0 Å². The van der Waals surface area contributed by atoms with Gasteiger partial charge in [0.1, 0.15) is 0 Å². The Morgan fingerprint density at radius 1 is 2.29 bits per heavy atom. The fourth-order valence-electron chi connectivity index (χ4n) is 0.200. The molecule has 0 aromatic rings. The van der Waals surface area contributed by atoms with Gasteiger partial charge in [-0.3, -0.25) is 0 Å². The second kappa shape index (κ2) is 3.65. The molecule has 0 aliphatic heterocycles. The first-order chi connectivity index (χ1) is 5.75. The van der Waals surface area contributed by atoms with Crippen LogP contribution in [0.5, 0.6) is 0 Å².